The van der Waals surface area contributed by atoms with Crippen LogP contribution in [0.1, 0.15) is 5.56 Å². The lowest BCUT2D eigenvalue weighted by Gasteiger charge is -2.35. The third-order valence-corrected chi connectivity index (χ3v) is 3.91. The number of nitrogens with one attached hydrogen (secondary N) is 1. The second-order valence-corrected chi connectivity index (χ2v) is 5.68. The minimum atomic E-state index is -4.40. The van der Waals surface area contributed by atoms with Crippen LogP contribution in [0.3, 0.4) is 0 Å². The highest BCUT2D eigenvalue weighted by Gasteiger charge is 2.31. The topological polar surface area (TPSA) is 66.3 Å². The molecule has 25 heavy (non-hydrogen) atoms. The third kappa shape index (κ3) is 4.01. The molecule has 0 saturated carbocycles. The molecule has 0 spiro atoms. The Morgan fingerprint density at radius 1 is 1.16 bits per heavy atom. The first-order valence-corrected chi connectivity index (χ1v) is 7.67. The van der Waals surface area contributed by atoms with Gasteiger partial charge in [0, 0.05) is 51.7 Å². The van der Waals surface area contributed by atoms with Gasteiger partial charge >= 0.3 is 12.2 Å². The smallest absolute Gasteiger partial charge is 0.353 e. The number of halogens is 3. The number of alkyl halides is 3. The van der Waals surface area contributed by atoms with Crippen LogP contribution in [-0.4, -0.2) is 51.9 Å². The molecule has 0 unspecified atom stereocenters. The fourth-order valence-electron chi connectivity index (χ4n) is 2.55. The van der Waals surface area contributed by atoms with Crippen LogP contribution in [0.15, 0.2) is 30.6 Å². The molecule has 1 aliphatic heterocycles. The van der Waals surface area contributed by atoms with Crippen molar-refractivity contribution in [3.63, 3.8) is 0 Å². The lowest BCUT2D eigenvalue weighted by molar-refractivity contribution is -0.137. The normalized spacial score (nSPS) is 15.4. The van der Waals surface area contributed by atoms with Gasteiger partial charge in [-0.3, -0.25) is 10.00 Å². The molecular weight excluding hydrogens is 337 g/mol. The van der Waals surface area contributed by atoms with Gasteiger partial charge in [0.1, 0.15) is 5.82 Å². The quantitative estimate of drug-likeness (QED) is 0.898. The molecule has 3 rings (SSSR count). The first-order chi connectivity index (χ1) is 11.8. The van der Waals surface area contributed by atoms with E-state index in [-0.39, 0.29) is 6.03 Å². The first-order valence-electron chi connectivity index (χ1n) is 7.67. The monoisotopic (exact) mass is 354 g/mol. The highest BCUT2D eigenvalue weighted by molar-refractivity contribution is 5.88. The number of hydrogen-bond acceptors (Lipinski definition) is 4. The van der Waals surface area contributed by atoms with Gasteiger partial charge in [0.25, 0.3) is 0 Å². The Morgan fingerprint density at radius 2 is 1.88 bits per heavy atom. The van der Waals surface area contributed by atoms with Crippen LogP contribution in [-0.2, 0) is 13.2 Å². The molecule has 134 valence electrons. The Labute approximate surface area is 142 Å². The summed E-state index contributed by atoms with van der Waals surface area (Å²) >= 11 is 0. The zero-order valence-electron chi connectivity index (χ0n) is 13.5. The zero-order chi connectivity index (χ0) is 18.0. The van der Waals surface area contributed by atoms with E-state index >= 15 is 0 Å². The number of pyridine rings is 1. The molecule has 1 N–H and O–H groups in total. The summed E-state index contributed by atoms with van der Waals surface area (Å²) in [6.07, 6.45) is -1.84. The Hall–Kier alpha value is -2.78. The molecule has 2 aromatic rings. The summed E-state index contributed by atoms with van der Waals surface area (Å²) in [5.41, 5.74) is -0.773. The van der Waals surface area contributed by atoms with Crippen molar-refractivity contribution in [2.75, 3.05) is 36.4 Å². The van der Waals surface area contributed by atoms with Gasteiger partial charge < -0.3 is 9.80 Å². The SMILES string of the molecule is Cn1ccc(NC(=O)N2CCN(c3ccc(C(F)(F)F)cn3)CC2)n1. The summed E-state index contributed by atoms with van der Waals surface area (Å²) in [5, 5.41) is 6.79. The summed E-state index contributed by atoms with van der Waals surface area (Å²) in [4.78, 5) is 19.6. The van der Waals surface area contributed by atoms with Gasteiger partial charge in [-0.1, -0.05) is 0 Å². The van der Waals surface area contributed by atoms with Crippen molar-refractivity contribution in [1.29, 1.82) is 0 Å². The number of aryl methyl sites for hydroxylation is 1. The molecule has 2 amide bonds. The molecule has 1 fully saturated rings. The maximum absolute atomic E-state index is 12.6. The van der Waals surface area contributed by atoms with E-state index in [0.29, 0.717) is 37.8 Å². The summed E-state index contributed by atoms with van der Waals surface area (Å²) in [5.74, 6) is 0.942. The average Bonchev–Trinajstić information content (AvgIpc) is 2.99. The van der Waals surface area contributed by atoms with Gasteiger partial charge in [0.2, 0.25) is 0 Å². The molecule has 0 aliphatic carbocycles. The lowest BCUT2D eigenvalue weighted by atomic mass is 10.2. The van der Waals surface area contributed by atoms with Gasteiger partial charge in [0.05, 0.1) is 5.56 Å². The Bertz CT molecular complexity index is 734. The third-order valence-electron chi connectivity index (χ3n) is 3.91. The van der Waals surface area contributed by atoms with Crippen LogP contribution in [0.4, 0.5) is 29.6 Å². The summed E-state index contributed by atoms with van der Waals surface area (Å²) in [6.45, 7) is 1.88. The van der Waals surface area contributed by atoms with E-state index in [1.54, 1.807) is 28.9 Å². The van der Waals surface area contributed by atoms with Gasteiger partial charge in [-0.15, -0.1) is 0 Å². The number of hydrogen-bond donors (Lipinski definition) is 1. The van der Waals surface area contributed by atoms with E-state index in [1.807, 2.05) is 4.90 Å². The van der Waals surface area contributed by atoms with E-state index in [4.69, 9.17) is 0 Å². The highest BCUT2D eigenvalue weighted by atomic mass is 19.4. The van der Waals surface area contributed by atoms with Gasteiger partial charge in [-0.2, -0.15) is 18.3 Å². The van der Waals surface area contributed by atoms with Crippen molar-refractivity contribution >= 4 is 17.7 Å². The van der Waals surface area contributed by atoms with Crippen LogP contribution < -0.4 is 10.2 Å². The summed E-state index contributed by atoms with van der Waals surface area (Å²) in [6, 6.07) is 3.81. The second kappa shape index (κ2) is 6.61. The van der Waals surface area contributed by atoms with Gasteiger partial charge in [-0.05, 0) is 12.1 Å². The van der Waals surface area contributed by atoms with Gasteiger partial charge in [-0.25, -0.2) is 9.78 Å². The number of carbonyl (C=O) groups is 1. The molecule has 2 aromatic heterocycles. The van der Waals surface area contributed by atoms with Crippen LogP contribution in [0.2, 0.25) is 0 Å². The number of amides is 2. The second-order valence-electron chi connectivity index (χ2n) is 5.68. The number of carbonyl (C=O) groups excluding carboxylic acids is 1. The number of piperazine rings is 1. The molecule has 0 aromatic carbocycles. The summed E-state index contributed by atoms with van der Waals surface area (Å²) < 4.78 is 39.3. The van der Waals surface area contributed by atoms with E-state index in [1.165, 1.54) is 6.07 Å². The molecular formula is C15H17F3N6O. The van der Waals surface area contributed by atoms with E-state index in [0.717, 1.165) is 12.3 Å². The fraction of sp³-hybridized carbons (Fsp3) is 0.400. The number of anilines is 2. The summed E-state index contributed by atoms with van der Waals surface area (Å²) in [7, 11) is 1.76. The van der Waals surface area contributed by atoms with Gasteiger partial charge in [0.15, 0.2) is 5.82 Å². The minimum absolute atomic E-state index is 0.251. The molecule has 0 atom stereocenters. The molecule has 0 bridgehead atoms. The number of aromatic nitrogens is 3. The van der Waals surface area contributed by atoms with E-state index in [9.17, 15) is 18.0 Å². The first kappa shape index (κ1) is 17.1. The van der Waals surface area contributed by atoms with Crippen molar-refractivity contribution in [3.8, 4) is 0 Å². The molecule has 0 radical (unpaired) electrons. The molecule has 1 aliphatic rings. The van der Waals surface area contributed by atoms with Crippen molar-refractivity contribution in [2.24, 2.45) is 7.05 Å². The van der Waals surface area contributed by atoms with Crippen molar-refractivity contribution in [2.45, 2.75) is 6.18 Å². The van der Waals surface area contributed by atoms with Crippen LogP contribution in [0.25, 0.3) is 0 Å². The highest BCUT2D eigenvalue weighted by Crippen LogP contribution is 2.29. The molecule has 10 heteroatoms. The van der Waals surface area contributed by atoms with E-state index < -0.39 is 11.7 Å². The maximum Gasteiger partial charge on any atom is 0.417 e. The Morgan fingerprint density at radius 3 is 2.40 bits per heavy atom. The average molecular weight is 354 g/mol. The molecule has 7 nitrogen and oxygen atoms in total. The van der Waals surface area contributed by atoms with Crippen molar-refractivity contribution in [3.05, 3.63) is 36.2 Å². The number of urea groups is 1. The van der Waals surface area contributed by atoms with Crippen molar-refractivity contribution in [1.82, 2.24) is 19.7 Å². The number of rotatable bonds is 2. The van der Waals surface area contributed by atoms with Crippen molar-refractivity contribution < 1.29 is 18.0 Å². The zero-order valence-corrected chi connectivity index (χ0v) is 13.5. The Balaban J connectivity index is 1.55. The predicted molar refractivity (Wildman–Crippen MR) is 85.3 cm³/mol. The molecule has 1 saturated heterocycles. The standard InChI is InChI=1S/C15H17F3N6O/c1-22-5-4-12(21-22)20-14(25)24-8-6-23(7-9-24)13-3-2-11(10-19-13)15(16,17)18/h2-5,10H,6-9H2,1H3,(H,20,21,25). The van der Waals surface area contributed by atoms with Crippen LogP contribution >= 0.6 is 0 Å². The maximum atomic E-state index is 12.6. The van der Waals surface area contributed by atoms with Crippen LogP contribution in [0.5, 0.6) is 0 Å². The van der Waals surface area contributed by atoms with E-state index in [2.05, 4.69) is 15.4 Å². The Kier molecular flexibility index (Phi) is 4.51. The number of nitrogens with zero attached hydrogens (tertiary/aromatic N) is 5. The van der Waals surface area contributed by atoms with Crippen LogP contribution in [0, 0.1) is 0 Å². The molecule has 3 heterocycles. The predicted octanol–water partition coefficient (Wildman–Crippen LogP) is 2.19. The lowest BCUT2D eigenvalue weighted by Crippen LogP contribution is -2.50. The fourth-order valence-corrected chi connectivity index (χ4v) is 2.55. The largest absolute Gasteiger partial charge is 0.417 e. The minimum Gasteiger partial charge on any atom is -0.353 e.